The lowest BCUT2D eigenvalue weighted by molar-refractivity contribution is -0.386. The Morgan fingerprint density at radius 3 is 2.60 bits per heavy atom. The molecule has 0 unspecified atom stereocenters. The quantitative estimate of drug-likeness (QED) is 0.570. The number of halogens is 1. The number of hydrogen-bond donors (Lipinski definition) is 0. The van der Waals surface area contributed by atoms with Gasteiger partial charge in [0.05, 0.1) is 11.5 Å². The fourth-order valence-electron chi connectivity index (χ4n) is 1.27. The monoisotopic (exact) mass is 213 g/mol. The Balaban J connectivity index is 3.25. The highest BCUT2D eigenvalue weighted by atomic mass is 19.1. The molecule has 4 nitrogen and oxygen atoms in total. The minimum absolute atomic E-state index is 0.0165. The van der Waals surface area contributed by atoms with Crippen molar-refractivity contribution in [2.45, 2.75) is 20.3 Å². The number of benzene rings is 1. The second-order valence-electron chi connectivity index (χ2n) is 2.96. The Hall–Kier alpha value is -1.65. The molecule has 0 N–H and O–H groups in total. The number of hydrogen-bond acceptors (Lipinski definition) is 3. The Morgan fingerprint density at radius 1 is 1.47 bits per heavy atom. The van der Waals surface area contributed by atoms with E-state index in [0.29, 0.717) is 12.0 Å². The fraction of sp³-hybridized carbons (Fsp3) is 0.400. The lowest BCUT2D eigenvalue weighted by atomic mass is 10.1. The minimum Gasteiger partial charge on any atom is -0.487 e. The highest BCUT2D eigenvalue weighted by Crippen LogP contribution is 2.30. The number of nitrogens with zero attached hydrogens (tertiary/aromatic N) is 1. The van der Waals surface area contributed by atoms with Crippen molar-refractivity contribution in [3.8, 4) is 5.75 Å². The molecule has 0 spiro atoms. The van der Waals surface area contributed by atoms with Gasteiger partial charge in [-0.05, 0) is 18.9 Å². The van der Waals surface area contributed by atoms with Gasteiger partial charge in [-0.15, -0.1) is 0 Å². The van der Waals surface area contributed by atoms with Gasteiger partial charge in [-0.2, -0.15) is 0 Å². The van der Waals surface area contributed by atoms with Crippen LogP contribution < -0.4 is 4.74 Å². The second kappa shape index (κ2) is 4.72. The molecular weight excluding hydrogens is 201 g/mol. The van der Waals surface area contributed by atoms with Gasteiger partial charge in [-0.1, -0.05) is 6.92 Å². The smallest absolute Gasteiger partial charge is 0.311 e. The van der Waals surface area contributed by atoms with Crippen LogP contribution in [0.2, 0.25) is 0 Å². The third kappa shape index (κ3) is 2.43. The minimum atomic E-state index is -0.566. The Bertz CT molecular complexity index is 379. The fourth-order valence-corrected chi connectivity index (χ4v) is 1.27. The van der Waals surface area contributed by atoms with Crippen LogP contribution in [0.15, 0.2) is 12.1 Å². The molecule has 0 amide bonds. The van der Waals surface area contributed by atoms with E-state index in [1.807, 2.05) is 0 Å². The topological polar surface area (TPSA) is 52.4 Å². The van der Waals surface area contributed by atoms with Gasteiger partial charge in [0.1, 0.15) is 5.82 Å². The zero-order valence-corrected chi connectivity index (χ0v) is 8.62. The number of nitro benzene ring substituents is 1. The van der Waals surface area contributed by atoms with Crippen molar-refractivity contribution in [1.29, 1.82) is 0 Å². The normalized spacial score (nSPS) is 10.1. The molecule has 5 heteroatoms. The molecule has 0 radical (unpaired) electrons. The Labute approximate surface area is 86.8 Å². The molecule has 0 fully saturated rings. The Kier molecular flexibility index (Phi) is 3.60. The highest BCUT2D eigenvalue weighted by molar-refractivity contribution is 5.49. The van der Waals surface area contributed by atoms with Crippen LogP contribution in [0.5, 0.6) is 5.75 Å². The van der Waals surface area contributed by atoms with Crippen molar-refractivity contribution >= 4 is 5.69 Å². The molecule has 0 aliphatic carbocycles. The van der Waals surface area contributed by atoms with Gasteiger partial charge < -0.3 is 4.74 Å². The molecule has 82 valence electrons. The number of aryl methyl sites for hydroxylation is 1. The van der Waals surface area contributed by atoms with E-state index >= 15 is 0 Å². The number of rotatable bonds is 4. The van der Waals surface area contributed by atoms with Crippen LogP contribution in [-0.4, -0.2) is 11.5 Å². The van der Waals surface area contributed by atoms with E-state index in [1.165, 1.54) is 6.07 Å². The predicted octanol–water partition coefficient (Wildman–Crippen LogP) is 2.70. The summed E-state index contributed by atoms with van der Waals surface area (Å²) in [5.74, 6) is -0.483. The number of ether oxygens (including phenoxy) is 1. The van der Waals surface area contributed by atoms with Crippen LogP contribution in [-0.2, 0) is 6.42 Å². The summed E-state index contributed by atoms with van der Waals surface area (Å²) in [7, 11) is 0. The van der Waals surface area contributed by atoms with E-state index in [9.17, 15) is 14.5 Å². The molecule has 0 atom stereocenters. The molecule has 0 bridgehead atoms. The average molecular weight is 213 g/mol. The summed E-state index contributed by atoms with van der Waals surface area (Å²) in [6.07, 6.45) is 0.416. The van der Waals surface area contributed by atoms with Gasteiger partial charge in [0.25, 0.3) is 0 Å². The molecule has 0 saturated heterocycles. The molecule has 1 aromatic rings. The molecule has 15 heavy (non-hydrogen) atoms. The van der Waals surface area contributed by atoms with Gasteiger partial charge in [-0.3, -0.25) is 10.1 Å². The van der Waals surface area contributed by atoms with Crippen LogP contribution in [0, 0.1) is 15.9 Å². The van der Waals surface area contributed by atoms with Crippen molar-refractivity contribution in [2.75, 3.05) is 6.61 Å². The highest BCUT2D eigenvalue weighted by Gasteiger charge is 2.18. The van der Waals surface area contributed by atoms with E-state index in [-0.39, 0.29) is 18.0 Å². The van der Waals surface area contributed by atoms with E-state index in [4.69, 9.17) is 4.74 Å². The maximum atomic E-state index is 13.3. The van der Waals surface area contributed by atoms with Crippen LogP contribution in [0.1, 0.15) is 19.4 Å². The molecular formula is C10H12FNO3. The van der Waals surface area contributed by atoms with Crippen molar-refractivity contribution in [3.63, 3.8) is 0 Å². The SMILES string of the molecule is CCOc1cc(F)c(CC)cc1[N+](=O)[O-]. The zero-order chi connectivity index (χ0) is 11.4. The lowest BCUT2D eigenvalue weighted by Gasteiger charge is -2.06. The van der Waals surface area contributed by atoms with Crippen LogP contribution in [0.3, 0.4) is 0 Å². The average Bonchev–Trinajstić information content (AvgIpc) is 2.18. The Morgan fingerprint density at radius 2 is 2.13 bits per heavy atom. The first kappa shape index (κ1) is 11.4. The van der Waals surface area contributed by atoms with Crippen LogP contribution in [0.4, 0.5) is 10.1 Å². The predicted molar refractivity (Wildman–Crippen MR) is 53.6 cm³/mol. The summed E-state index contributed by atoms with van der Waals surface area (Å²) < 4.78 is 18.3. The van der Waals surface area contributed by atoms with Gasteiger partial charge in [0.15, 0.2) is 5.75 Å². The molecule has 0 aromatic heterocycles. The van der Waals surface area contributed by atoms with E-state index in [2.05, 4.69) is 0 Å². The van der Waals surface area contributed by atoms with Crippen molar-refractivity contribution in [3.05, 3.63) is 33.6 Å². The third-order valence-electron chi connectivity index (χ3n) is 2.01. The first-order valence-corrected chi connectivity index (χ1v) is 4.69. The molecule has 1 aromatic carbocycles. The second-order valence-corrected chi connectivity index (χ2v) is 2.96. The van der Waals surface area contributed by atoms with Gasteiger partial charge in [0, 0.05) is 12.1 Å². The van der Waals surface area contributed by atoms with Crippen molar-refractivity contribution < 1.29 is 14.1 Å². The summed E-state index contributed by atoms with van der Waals surface area (Å²) in [5.41, 5.74) is 0.139. The zero-order valence-electron chi connectivity index (χ0n) is 8.62. The van der Waals surface area contributed by atoms with E-state index in [0.717, 1.165) is 6.07 Å². The molecule has 0 aliphatic heterocycles. The first-order chi connectivity index (χ1) is 7.10. The van der Waals surface area contributed by atoms with Crippen LogP contribution in [0.25, 0.3) is 0 Å². The van der Waals surface area contributed by atoms with E-state index in [1.54, 1.807) is 13.8 Å². The lowest BCUT2D eigenvalue weighted by Crippen LogP contribution is -2.00. The summed E-state index contributed by atoms with van der Waals surface area (Å²) in [6.45, 7) is 3.70. The molecule has 0 saturated carbocycles. The first-order valence-electron chi connectivity index (χ1n) is 4.69. The summed E-state index contributed by atoms with van der Waals surface area (Å²) in [6, 6.07) is 2.29. The van der Waals surface area contributed by atoms with Gasteiger partial charge in [0.2, 0.25) is 0 Å². The summed E-state index contributed by atoms with van der Waals surface area (Å²) in [4.78, 5) is 10.1. The van der Waals surface area contributed by atoms with Crippen LogP contribution >= 0.6 is 0 Å². The van der Waals surface area contributed by atoms with Crippen molar-refractivity contribution in [1.82, 2.24) is 0 Å². The maximum Gasteiger partial charge on any atom is 0.311 e. The summed E-state index contributed by atoms with van der Waals surface area (Å²) >= 11 is 0. The largest absolute Gasteiger partial charge is 0.487 e. The molecule has 0 heterocycles. The van der Waals surface area contributed by atoms with Gasteiger partial charge >= 0.3 is 5.69 Å². The molecule has 0 aliphatic rings. The maximum absolute atomic E-state index is 13.3. The third-order valence-corrected chi connectivity index (χ3v) is 2.01. The van der Waals surface area contributed by atoms with E-state index < -0.39 is 10.7 Å². The summed E-state index contributed by atoms with van der Waals surface area (Å²) in [5, 5.41) is 10.7. The number of nitro groups is 1. The molecule has 1 rings (SSSR count). The standard InChI is InChI=1S/C10H12FNO3/c1-3-7-5-9(12(13)14)10(15-4-2)6-8(7)11/h5-6H,3-4H2,1-2H3. The van der Waals surface area contributed by atoms with Gasteiger partial charge in [-0.25, -0.2) is 4.39 Å². The van der Waals surface area contributed by atoms with Crippen molar-refractivity contribution in [2.24, 2.45) is 0 Å².